The molecule has 0 atom stereocenters. The summed E-state index contributed by atoms with van der Waals surface area (Å²) in [5, 5.41) is 14.5. The molecule has 1 aliphatic heterocycles. The van der Waals surface area contributed by atoms with Crippen molar-refractivity contribution in [1.29, 1.82) is 0 Å². The second-order valence-electron chi connectivity index (χ2n) is 7.78. The Balaban J connectivity index is 1.30. The number of anilines is 2. The standard InChI is InChI=1S/C25H29BrN4O6/c1-32-21-15-19-16(12-20-23(19)29-30-24(20)28-18-5-3-4-17(26)14-18)13-22(21)36-11-10-35-9-8-34-7-6-27-25(31)33-2/h3-5,12-15,28-30H,6-11H2,1-2H3,(H,27,31). The third kappa shape index (κ3) is 6.42. The van der Waals surface area contributed by atoms with Crippen molar-refractivity contribution in [2.75, 3.05) is 59.1 Å². The lowest BCUT2D eigenvalue weighted by Gasteiger charge is -2.12. The van der Waals surface area contributed by atoms with Crippen LogP contribution in [0.3, 0.4) is 0 Å². The molecular formula is C25H29BrN4O6. The molecule has 0 radical (unpaired) electrons. The third-order valence-corrected chi connectivity index (χ3v) is 5.90. The maximum absolute atomic E-state index is 10.9. The maximum atomic E-state index is 10.9. The van der Waals surface area contributed by atoms with Crippen molar-refractivity contribution < 1.29 is 28.5 Å². The van der Waals surface area contributed by atoms with Gasteiger partial charge in [-0.15, -0.1) is 0 Å². The summed E-state index contributed by atoms with van der Waals surface area (Å²) in [5.41, 5.74) is 2.99. The lowest BCUT2D eigenvalue weighted by Crippen LogP contribution is -2.27. The Kier molecular flexibility index (Phi) is 8.93. The van der Waals surface area contributed by atoms with Gasteiger partial charge in [-0.2, -0.15) is 0 Å². The molecule has 0 spiro atoms. The molecule has 4 rings (SSSR count). The SMILES string of the molecule is COC(=O)NCCOCCOCCOc1cc2cc3c(Nc4cccc(Br)c4)[nH][nH]c-3c2cc1OC. The summed E-state index contributed by atoms with van der Waals surface area (Å²) >= 11 is 3.50. The van der Waals surface area contributed by atoms with Gasteiger partial charge < -0.3 is 34.3 Å². The second kappa shape index (κ2) is 12.5. The van der Waals surface area contributed by atoms with E-state index in [1.165, 1.54) is 7.11 Å². The smallest absolute Gasteiger partial charge is 0.406 e. The zero-order chi connectivity index (χ0) is 25.3. The number of rotatable bonds is 13. The molecule has 11 heteroatoms. The number of carbonyl (C=O) groups is 1. The second-order valence-corrected chi connectivity index (χ2v) is 8.69. The van der Waals surface area contributed by atoms with Crippen LogP contribution >= 0.6 is 15.9 Å². The largest absolute Gasteiger partial charge is 0.493 e. The predicted octanol–water partition coefficient (Wildman–Crippen LogP) is 4.88. The summed E-state index contributed by atoms with van der Waals surface area (Å²) in [4.78, 5) is 10.9. The summed E-state index contributed by atoms with van der Waals surface area (Å²) in [7, 11) is 2.94. The number of amides is 1. The highest BCUT2D eigenvalue weighted by Gasteiger charge is 2.19. The first-order chi connectivity index (χ1) is 17.6. The van der Waals surface area contributed by atoms with E-state index in [9.17, 15) is 4.79 Å². The Morgan fingerprint density at radius 1 is 0.944 bits per heavy atom. The van der Waals surface area contributed by atoms with Gasteiger partial charge in [0, 0.05) is 27.7 Å². The fraction of sp³-hybridized carbons (Fsp3) is 0.320. The normalized spacial score (nSPS) is 11.1. The molecule has 0 aromatic heterocycles. The number of aromatic amines is 2. The molecule has 2 aromatic rings. The number of aromatic nitrogens is 2. The van der Waals surface area contributed by atoms with E-state index in [1.807, 2.05) is 36.4 Å². The number of nitrogens with one attached hydrogen (secondary N) is 4. The van der Waals surface area contributed by atoms with Crippen molar-refractivity contribution in [2.45, 2.75) is 0 Å². The lowest BCUT2D eigenvalue weighted by atomic mass is 10.2. The monoisotopic (exact) mass is 560 g/mol. The van der Waals surface area contributed by atoms with Crippen molar-refractivity contribution in [3.05, 3.63) is 46.9 Å². The first-order valence-electron chi connectivity index (χ1n) is 11.4. The third-order valence-electron chi connectivity index (χ3n) is 5.41. The highest BCUT2D eigenvalue weighted by Crippen LogP contribution is 2.43. The average Bonchev–Trinajstić information content (AvgIpc) is 3.43. The van der Waals surface area contributed by atoms with Crippen molar-refractivity contribution in [1.82, 2.24) is 15.5 Å². The zero-order valence-corrected chi connectivity index (χ0v) is 21.7. The Labute approximate surface area is 217 Å². The first kappa shape index (κ1) is 25.7. The molecule has 0 unspecified atom stereocenters. The van der Waals surface area contributed by atoms with Crippen LogP contribution in [0.15, 0.2) is 46.9 Å². The summed E-state index contributed by atoms with van der Waals surface area (Å²) in [5.74, 6) is 2.17. The summed E-state index contributed by atoms with van der Waals surface area (Å²) in [6.45, 7) is 2.39. The Hall–Kier alpha value is -3.41. The fourth-order valence-electron chi connectivity index (χ4n) is 3.72. The van der Waals surface area contributed by atoms with Crippen LogP contribution in [0.25, 0.3) is 22.0 Å². The number of H-pyrrole nitrogens is 2. The van der Waals surface area contributed by atoms with Crippen molar-refractivity contribution >= 4 is 44.3 Å². The molecule has 1 heterocycles. The van der Waals surface area contributed by atoms with Gasteiger partial charge >= 0.3 is 6.09 Å². The van der Waals surface area contributed by atoms with Crippen LogP contribution < -0.4 is 20.1 Å². The van der Waals surface area contributed by atoms with Gasteiger partial charge in [0.25, 0.3) is 0 Å². The Morgan fingerprint density at radius 3 is 2.53 bits per heavy atom. The molecule has 36 heavy (non-hydrogen) atoms. The van der Waals surface area contributed by atoms with Gasteiger partial charge in [0.2, 0.25) is 0 Å². The fourth-order valence-corrected chi connectivity index (χ4v) is 4.12. The van der Waals surface area contributed by atoms with Crippen LogP contribution in [-0.4, -0.2) is 70.1 Å². The number of ether oxygens (including phenoxy) is 5. The molecule has 0 fully saturated rings. The van der Waals surface area contributed by atoms with E-state index in [4.69, 9.17) is 18.9 Å². The van der Waals surface area contributed by atoms with Crippen LogP contribution in [0.4, 0.5) is 16.3 Å². The van der Waals surface area contributed by atoms with Crippen molar-refractivity contribution in [3.8, 4) is 22.8 Å². The van der Waals surface area contributed by atoms with Crippen LogP contribution in [0.5, 0.6) is 11.5 Å². The van der Waals surface area contributed by atoms with E-state index in [2.05, 4.69) is 47.6 Å². The van der Waals surface area contributed by atoms with E-state index in [-0.39, 0.29) is 0 Å². The van der Waals surface area contributed by atoms with E-state index >= 15 is 0 Å². The number of halogens is 1. The van der Waals surface area contributed by atoms with E-state index in [1.54, 1.807) is 7.11 Å². The summed E-state index contributed by atoms with van der Waals surface area (Å²) in [6, 6.07) is 14.0. The number of hydrogen-bond donors (Lipinski definition) is 4. The highest BCUT2D eigenvalue weighted by atomic mass is 79.9. The van der Waals surface area contributed by atoms with Gasteiger partial charge in [0.05, 0.1) is 46.3 Å². The van der Waals surface area contributed by atoms with E-state index < -0.39 is 6.09 Å². The molecular weight excluding hydrogens is 532 g/mol. The van der Waals surface area contributed by atoms with Crippen LogP contribution in [0.1, 0.15) is 0 Å². The Bertz CT molecular complexity index is 1260. The van der Waals surface area contributed by atoms with E-state index in [0.29, 0.717) is 51.1 Å². The molecule has 2 aliphatic rings. The van der Waals surface area contributed by atoms with Crippen LogP contribution in [-0.2, 0) is 14.2 Å². The van der Waals surface area contributed by atoms with Gasteiger partial charge in [-0.3, -0.25) is 10.2 Å². The summed E-state index contributed by atoms with van der Waals surface area (Å²) in [6.07, 6.45) is -0.476. The quantitative estimate of drug-likeness (QED) is 0.172. The topological polar surface area (TPSA) is 119 Å². The first-order valence-corrected chi connectivity index (χ1v) is 12.2. The Morgan fingerprint density at radius 2 is 1.75 bits per heavy atom. The molecule has 1 amide bonds. The number of fused-ring (bicyclic) bond motifs is 3. The van der Waals surface area contributed by atoms with Crippen molar-refractivity contribution in [3.63, 3.8) is 0 Å². The van der Waals surface area contributed by atoms with Crippen molar-refractivity contribution in [2.24, 2.45) is 0 Å². The molecule has 0 bridgehead atoms. The molecule has 0 saturated carbocycles. The van der Waals surface area contributed by atoms with Crippen LogP contribution in [0.2, 0.25) is 0 Å². The van der Waals surface area contributed by atoms with Gasteiger partial charge in [-0.05, 0) is 41.8 Å². The van der Waals surface area contributed by atoms with E-state index in [0.717, 1.165) is 38.0 Å². The molecule has 192 valence electrons. The van der Waals surface area contributed by atoms with Crippen LogP contribution in [0, 0.1) is 0 Å². The number of benzene rings is 2. The van der Waals surface area contributed by atoms with Gasteiger partial charge in [-0.25, -0.2) is 4.79 Å². The van der Waals surface area contributed by atoms with Gasteiger partial charge in [0.1, 0.15) is 12.4 Å². The number of alkyl carbamates (subject to hydrolysis) is 1. The molecule has 0 saturated heterocycles. The summed E-state index contributed by atoms with van der Waals surface area (Å²) < 4.78 is 27.9. The number of carbonyl (C=O) groups excluding carboxylic acids is 1. The number of methoxy groups -OCH3 is 2. The molecule has 2 aromatic carbocycles. The molecule has 10 nitrogen and oxygen atoms in total. The van der Waals surface area contributed by atoms with Gasteiger partial charge in [0.15, 0.2) is 11.5 Å². The minimum atomic E-state index is -0.476. The molecule has 4 N–H and O–H groups in total. The lowest BCUT2D eigenvalue weighted by molar-refractivity contribution is 0.0369. The minimum Gasteiger partial charge on any atom is -0.493 e. The minimum absolute atomic E-state index is 0.369. The predicted molar refractivity (Wildman–Crippen MR) is 141 cm³/mol. The van der Waals surface area contributed by atoms with Gasteiger partial charge in [-0.1, -0.05) is 22.0 Å². The molecule has 1 aliphatic carbocycles. The maximum Gasteiger partial charge on any atom is 0.406 e. The zero-order valence-electron chi connectivity index (χ0n) is 20.1. The average molecular weight is 561 g/mol. The highest BCUT2D eigenvalue weighted by molar-refractivity contribution is 9.10. The number of hydrogen-bond acceptors (Lipinski definition) is 7.